The van der Waals surface area contributed by atoms with Gasteiger partial charge in [0.2, 0.25) is 11.8 Å². The van der Waals surface area contributed by atoms with Crippen LogP contribution in [0.3, 0.4) is 0 Å². The molecule has 9 heteroatoms. The molecule has 3 aromatic rings. The van der Waals surface area contributed by atoms with Crippen LogP contribution in [0, 0.1) is 17.3 Å². The number of aryl methyl sites for hydroxylation is 1. The molecule has 2 aliphatic rings. The lowest BCUT2D eigenvalue weighted by Crippen LogP contribution is -2.29. The number of hydrogen-bond acceptors (Lipinski definition) is 8. The summed E-state index contributed by atoms with van der Waals surface area (Å²) in [6.45, 7) is 6.91. The molecule has 1 saturated heterocycles. The molecule has 3 heterocycles. The van der Waals surface area contributed by atoms with Crippen molar-refractivity contribution >= 4 is 15.8 Å². The van der Waals surface area contributed by atoms with E-state index in [1.165, 1.54) is 6.26 Å². The fourth-order valence-electron chi connectivity index (χ4n) is 4.79. The highest BCUT2D eigenvalue weighted by Gasteiger charge is 2.66. The standard InChI is InChI=1S/C24H27N5O3S/c1-4-16-9-27-23(28-10-16)29-13-19-20(24(19,2)15-29)14-32-22-12-25-21(11-26-22)17-5-7-18(8-6-17)33(3,30)31/h5-12,19-20H,4,13-15H2,1-3H3/t19-,20-,24-/m0/s1. The number of benzene rings is 1. The van der Waals surface area contributed by atoms with Crippen LogP contribution in [0.2, 0.25) is 0 Å². The summed E-state index contributed by atoms with van der Waals surface area (Å²) in [6, 6.07) is 6.63. The second-order valence-electron chi connectivity index (χ2n) is 9.19. The Balaban J connectivity index is 1.16. The highest BCUT2D eigenvalue weighted by molar-refractivity contribution is 7.90. The molecule has 2 fully saturated rings. The van der Waals surface area contributed by atoms with Gasteiger partial charge < -0.3 is 9.64 Å². The maximum Gasteiger partial charge on any atom is 0.232 e. The van der Waals surface area contributed by atoms with Crippen LogP contribution in [0.15, 0.2) is 53.9 Å². The number of ether oxygens (including phenoxy) is 1. The summed E-state index contributed by atoms with van der Waals surface area (Å²) in [5, 5.41) is 0. The Morgan fingerprint density at radius 1 is 1.06 bits per heavy atom. The minimum Gasteiger partial charge on any atom is -0.476 e. The van der Waals surface area contributed by atoms with Crippen LogP contribution in [0.1, 0.15) is 19.4 Å². The Bertz CT molecular complexity index is 1250. The molecule has 0 radical (unpaired) electrons. The molecule has 1 aliphatic heterocycles. The van der Waals surface area contributed by atoms with E-state index in [1.807, 2.05) is 12.4 Å². The van der Waals surface area contributed by atoms with Crippen molar-refractivity contribution in [3.05, 3.63) is 54.6 Å². The molecule has 1 aromatic carbocycles. The van der Waals surface area contributed by atoms with Crippen LogP contribution in [0.5, 0.6) is 5.88 Å². The third kappa shape index (κ3) is 4.17. The van der Waals surface area contributed by atoms with E-state index >= 15 is 0 Å². The molecular weight excluding hydrogens is 438 g/mol. The van der Waals surface area contributed by atoms with Gasteiger partial charge in [-0.1, -0.05) is 26.0 Å². The Labute approximate surface area is 194 Å². The predicted molar refractivity (Wildman–Crippen MR) is 125 cm³/mol. The summed E-state index contributed by atoms with van der Waals surface area (Å²) in [4.78, 5) is 20.4. The lowest BCUT2D eigenvalue weighted by Gasteiger charge is -2.22. The van der Waals surface area contributed by atoms with Gasteiger partial charge >= 0.3 is 0 Å². The first-order valence-electron chi connectivity index (χ1n) is 11.1. The van der Waals surface area contributed by atoms with Gasteiger partial charge in [0.15, 0.2) is 9.84 Å². The van der Waals surface area contributed by atoms with Crippen molar-refractivity contribution in [1.29, 1.82) is 0 Å². The van der Waals surface area contributed by atoms with E-state index in [9.17, 15) is 8.42 Å². The number of sulfone groups is 1. The van der Waals surface area contributed by atoms with Gasteiger partial charge in [-0.15, -0.1) is 0 Å². The van der Waals surface area contributed by atoms with Crippen molar-refractivity contribution in [3.63, 3.8) is 0 Å². The second kappa shape index (κ2) is 8.06. The molecule has 172 valence electrons. The first kappa shape index (κ1) is 21.8. The van der Waals surface area contributed by atoms with Crippen LogP contribution in [0.4, 0.5) is 5.95 Å². The third-order valence-corrected chi connectivity index (χ3v) is 8.15. The lowest BCUT2D eigenvalue weighted by atomic mass is 10.1. The maximum atomic E-state index is 11.6. The van der Waals surface area contributed by atoms with Crippen molar-refractivity contribution in [1.82, 2.24) is 19.9 Å². The monoisotopic (exact) mass is 465 g/mol. The maximum absolute atomic E-state index is 11.6. The molecule has 0 amide bonds. The number of anilines is 1. The summed E-state index contributed by atoms with van der Waals surface area (Å²) in [7, 11) is -3.22. The Kier molecular flexibility index (Phi) is 5.31. The quantitative estimate of drug-likeness (QED) is 0.525. The van der Waals surface area contributed by atoms with Crippen molar-refractivity contribution in [2.24, 2.45) is 17.3 Å². The van der Waals surface area contributed by atoms with Gasteiger partial charge in [-0.25, -0.2) is 28.4 Å². The van der Waals surface area contributed by atoms with Crippen LogP contribution < -0.4 is 9.64 Å². The first-order chi connectivity index (χ1) is 15.8. The van der Waals surface area contributed by atoms with Crippen molar-refractivity contribution < 1.29 is 13.2 Å². The zero-order valence-corrected chi connectivity index (χ0v) is 19.8. The second-order valence-corrected chi connectivity index (χ2v) is 11.2. The summed E-state index contributed by atoms with van der Waals surface area (Å²) < 4.78 is 29.2. The predicted octanol–water partition coefficient (Wildman–Crippen LogP) is 3.05. The SMILES string of the molecule is CCc1cnc(N2C[C@H]3[C@H](COc4cnc(-c5ccc(S(C)(=O)=O)cc5)cn4)[C@@]3(C)C2)nc1. The molecule has 0 bridgehead atoms. The Hall–Kier alpha value is -3.07. The van der Waals surface area contributed by atoms with Crippen molar-refractivity contribution in [3.8, 4) is 17.1 Å². The van der Waals surface area contributed by atoms with Crippen LogP contribution >= 0.6 is 0 Å². The Morgan fingerprint density at radius 3 is 2.33 bits per heavy atom. The molecule has 5 rings (SSSR count). The average molecular weight is 466 g/mol. The number of fused-ring (bicyclic) bond motifs is 1. The fraction of sp³-hybridized carbons (Fsp3) is 0.417. The minimum atomic E-state index is -3.22. The molecule has 1 saturated carbocycles. The van der Waals surface area contributed by atoms with Crippen molar-refractivity contribution in [2.75, 3.05) is 30.9 Å². The molecule has 0 spiro atoms. The van der Waals surface area contributed by atoms with Gasteiger partial charge in [-0.05, 0) is 35.4 Å². The summed E-state index contributed by atoms with van der Waals surface area (Å²) in [5.41, 5.74) is 2.84. The Morgan fingerprint density at radius 2 is 1.79 bits per heavy atom. The normalized spacial score (nSPS) is 23.9. The average Bonchev–Trinajstić information content (AvgIpc) is 3.18. The van der Waals surface area contributed by atoms with E-state index in [2.05, 4.69) is 38.7 Å². The number of rotatable bonds is 7. The van der Waals surface area contributed by atoms with Gasteiger partial charge in [0, 0.05) is 43.2 Å². The third-order valence-electron chi connectivity index (χ3n) is 7.02. The van der Waals surface area contributed by atoms with E-state index in [0.29, 0.717) is 30.0 Å². The topological polar surface area (TPSA) is 98.2 Å². The van der Waals surface area contributed by atoms with E-state index in [-0.39, 0.29) is 10.3 Å². The number of nitrogens with zero attached hydrogens (tertiary/aromatic N) is 5. The molecule has 8 nitrogen and oxygen atoms in total. The first-order valence-corrected chi connectivity index (χ1v) is 13.0. The lowest BCUT2D eigenvalue weighted by molar-refractivity contribution is 0.260. The zero-order valence-electron chi connectivity index (χ0n) is 19.0. The number of hydrogen-bond donors (Lipinski definition) is 0. The summed E-state index contributed by atoms with van der Waals surface area (Å²) >= 11 is 0. The van der Waals surface area contributed by atoms with E-state index in [1.54, 1.807) is 36.7 Å². The fourth-order valence-corrected chi connectivity index (χ4v) is 5.42. The molecular formula is C24H27N5O3S. The van der Waals surface area contributed by atoms with Gasteiger partial charge in [0.05, 0.1) is 29.6 Å². The number of aromatic nitrogens is 4. The summed E-state index contributed by atoms with van der Waals surface area (Å²) in [6.07, 6.45) is 9.24. The van der Waals surface area contributed by atoms with Gasteiger partial charge in [-0.3, -0.25) is 0 Å². The van der Waals surface area contributed by atoms with Gasteiger partial charge in [-0.2, -0.15) is 0 Å². The van der Waals surface area contributed by atoms with Crippen LogP contribution in [-0.4, -0.2) is 54.3 Å². The summed E-state index contributed by atoms with van der Waals surface area (Å²) in [5.74, 6) is 2.35. The molecule has 0 N–H and O–H groups in total. The van der Waals surface area contributed by atoms with E-state index in [0.717, 1.165) is 36.6 Å². The minimum absolute atomic E-state index is 0.210. The van der Waals surface area contributed by atoms with E-state index < -0.39 is 9.84 Å². The molecule has 1 aliphatic carbocycles. The van der Waals surface area contributed by atoms with Gasteiger partial charge in [0.1, 0.15) is 0 Å². The molecule has 0 unspecified atom stereocenters. The smallest absolute Gasteiger partial charge is 0.232 e. The highest BCUT2D eigenvalue weighted by Crippen LogP contribution is 2.63. The van der Waals surface area contributed by atoms with Crippen LogP contribution in [-0.2, 0) is 16.3 Å². The van der Waals surface area contributed by atoms with Gasteiger partial charge in [0.25, 0.3) is 0 Å². The largest absolute Gasteiger partial charge is 0.476 e. The van der Waals surface area contributed by atoms with Crippen LogP contribution in [0.25, 0.3) is 11.3 Å². The molecule has 33 heavy (non-hydrogen) atoms. The van der Waals surface area contributed by atoms with E-state index in [4.69, 9.17) is 4.74 Å². The molecule has 2 aromatic heterocycles. The van der Waals surface area contributed by atoms with Crippen molar-refractivity contribution in [2.45, 2.75) is 25.2 Å². The zero-order chi connectivity index (χ0) is 23.2. The highest BCUT2D eigenvalue weighted by atomic mass is 32.2. The number of piperidine rings is 1. The molecule has 3 atom stereocenters.